The lowest BCUT2D eigenvalue weighted by Crippen LogP contribution is -2.42. The molecule has 24 heavy (non-hydrogen) atoms. The van der Waals surface area contributed by atoms with Crippen molar-refractivity contribution in [3.63, 3.8) is 0 Å². The molecule has 0 radical (unpaired) electrons. The second-order valence-corrected chi connectivity index (χ2v) is 8.29. The minimum Gasteiger partial charge on any atom is -0.329 e. The van der Waals surface area contributed by atoms with E-state index in [4.69, 9.17) is 0 Å². The summed E-state index contributed by atoms with van der Waals surface area (Å²) < 4.78 is 2.29. The Labute approximate surface area is 145 Å². The summed E-state index contributed by atoms with van der Waals surface area (Å²) in [7, 11) is 0. The minimum absolute atomic E-state index is 0.196. The monoisotopic (exact) mass is 323 g/mol. The first-order valence-corrected chi connectivity index (χ1v) is 9.47. The molecule has 1 aromatic carbocycles. The number of hydrogen-bond acceptors (Lipinski definition) is 2. The van der Waals surface area contributed by atoms with Gasteiger partial charge >= 0.3 is 0 Å². The lowest BCUT2D eigenvalue weighted by Gasteiger charge is -2.45. The number of nitrogens with zero attached hydrogens (tertiary/aromatic N) is 2. The molecular formula is C21H29N3. The highest BCUT2D eigenvalue weighted by Crippen LogP contribution is 2.50. The van der Waals surface area contributed by atoms with Gasteiger partial charge < -0.3 is 9.88 Å². The second kappa shape index (κ2) is 6.36. The fraction of sp³-hybridized carbons (Fsp3) is 0.571. The lowest BCUT2D eigenvalue weighted by molar-refractivity contribution is 0.169. The molecule has 0 amide bonds. The largest absolute Gasteiger partial charge is 0.329 e. The molecule has 1 aromatic heterocycles. The number of nitrogens with one attached hydrogen (secondary N) is 1. The summed E-state index contributed by atoms with van der Waals surface area (Å²) in [5.41, 5.74) is 3.14. The zero-order valence-corrected chi connectivity index (χ0v) is 14.9. The van der Waals surface area contributed by atoms with Crippen LogP contribution in [0.15, 0.2) is 43.0 Å². The number of fused-ring (bicyclic) bond motifs is 1. The van der Waals surface area contributed by atoms with E-state index in [2.05, 4.69) is 59.2 Å². The van der Waals surface area contributed by atoms with Gasteiger partial charge in [-0.2, -0.15) is 0 Å². The molecule has 0 spiro atoms. The van der Waals surface area contributed by atoms with Gasteiger partial charge in [-0.25, -0.2) is 4.98 Å². The summed E-state index contributed by atoms with van der Waals surface area (Å²) in [6.45, 7) is 4.81. The van der Waals surface area contributed by atoms with E-state index in [1.54, 1.807) is 0 Å². The SMILES string of the molecule is CC1(C)C[C@@H](NC2CCCCC2)c2ccccc2[C@@H]1n1ccnc1. The highest BCUT2D eigenvalue weighted by molar-refractivity contribution is 5.37. The predicted octanol–water partition coefficient (Wildman–Crippen LogP) is 4.87. The van der Waals surface area contributed by atoms with Crippen LogP contribution in [0.5, 0.6) is 0 Å². The molecule has 2 aliphatic rings. The van der Waals surface area contributed by atoms with Crippen molar-refractivity contribution in [3.8, 4) is 0 Å². The van der Waals surface area contributed by atoms with Gasteiger partial charge in [-0.1, -0.05) is 57.4 Å². The Balaban J connectivity index is 1.69. The van der Waals surface area contributed by atoms with Crippen LogP contribution in [-0.4, -0.2) is 15.6 Å². The van der Waals surface area contributed by atoms with Crippen LogP contribution in [0.4, 0.5) is 0 Å². The molecule has 2 aliphatic carbocycles. The van der Waals surface area contributed by atoms with E-state index in [0.717, 1.165) is 0 Å². The van der Waals surface area contributed by atoms with Crippen molar-refractivity contribution in [2.75, 3.05) is 0 Å². The first-order chi connectivity index (χ1) is 11.6. The Morgan fingerprint density at radius 2 is 1.83 bits per heavy atom. The fourth-order valence-corrected chi connectivity index (χ4v) is 4.93. The normalized spacial score (nSPS) is 26.9. The predicted molar refractivity (Wildman–Crippen MR) is 98.0 cm³/mol. The van der Waals surface area contributed by atoms with Crippen LogP contribution in [0.3, 0.4) is 0 Å². The Morgan fingerprint density at radius 3 is 2.54 bits per heavy atom. The van der Waals surface area contributed by atoms with Crippen molar-refractivity contribution in [2.24, 2.45) is 5.41 Å². The topological polar surface area (TPSA) is 29.9 Å². The van der Waals surface area contributed by atoms with E-state index in [-0.39, 0.29) is 5.41 Å². The van der Waals surface area contributed by atoms with Crippen molar-refractivity contribution in [1.29, 1.82) is 0 Å². The van der Waals surface area contributed by atoms with Crippen molar-refractivity contribution in [2.45, 2.75) is 70.5 Å². The van der Waals surface area contributed by atoms with Crippen LogP contribution in [0, 0.1) is 5.41 Å². The minimum atomic E-state index is 0.196. The van der Waals surface area contributed by atoms with Gasteiger partial charge in [0.15, 0.2) is 0 Å². The van der Waals surface area contributed by atoms with Gasteiger partial charge in [0, 0.05) is 24.5 Å². The number of imidazole rings is 1. The van der Waals surface area contributed by atoms with Gasteiger partial charge in [0.25, 0.3) is 0 Å². The standard InChI is InChI=1S/C21H29N3/c1-21(2)14-19(23-16-8-4-3-5-9-16)17-10-6-7-11-18(17)20(21)24-13-12-22-15-24/h6-7,10-13,15-16,19-20,23H,3-5,8-9,14H2,1-2H3/t19-,20+/m1/s1. The first kappa shape index (κ1) is 15.9. The second-order valence-electron chi connectivity index (χ2n) is 8.29. The van der Waals surface area contributed by atoms with Crippen molar-refractivity contribution < 1.29 is 0 Å². The van der Waals surface area contributed by atoms with Gasteiger partial charge in [-0.15, -0.1) is 0 Å². The molecule has 0 unspecified atom stereocenters. The fourth-order valence-electron chi connectivity index (χ4n) is 4.93. The summed E-state index contributed by atoms with van der Waals surface area (Å²) in [6, 6.07) is 10.5. The molecule has 0 saturated heterocycles. The Bertz CT molecular complexity index is 668. The molecule has 3 heteroatoms. The average molecular weight is 323 g/mol. The molecule has 1 heterocycles. The maximum absolute atomic E-state index is 4.30. The van der Waals surface area contributed by atoms with Crippen LogP contribution in [0.1, 0.15) is 75.6 Å². The van der Waals surface area contributed by atoms with E-state index < -0.39 is 0 Å². The van der Waals surface area contributed by atoms with Crippen LogP contribution in [-0.2, 0) is 0 Å². The molecule has 4 rings (SSSR count). The summed E-state index contributed by atoms with van der Waals surface area (Å²) in [5.74, 6) is 0. The Morgan fingerprint density at radius 1 is 1.08 bits per heavy atom. The molecule has 1 saturated carbocycles. The third-order valence-electron chi connectivity index (χ3n) is 6.00. The van der Waals surface area contributed by atoms with Gasteiger partial charge in [0.05, 0.1) is 12.4 Å². The van der Waals surface area contributed by atoms with E-state index >= 15 is 0 Å². The first-order valence-electron chi connectivity index (χ1n) is 9.47. The molecule has 128 valence electrons. The molecule has 2 aromatic rings. The Kier molecular flexibility index (Phi) is 4.21. The third-order valence-corrected chi connectivity index (χ3v) is 6.00. The summed E-state index contributed by atoms with van der Waals surface area (Å²) in [6.07, 6.45) is 14.0. The number of aromatic nitrogens is 2. The summed E-state index contributed by atoms with van der Waals surface area (Å²) >= 11 is 0. The van der Waals surface area contributed by atoms with E-state index in [0.29, 0.717) is 18.1 Å². The third kappa shape index (κ3) is 2.90. The molecule has 0 aliphatic heterocycles. The molecule has 3 nitrogen and oxygen atoms in total. The lowest BCUT2D eigenvalue weighted by atomic mass is 9.68. The average Bonchev–Trinajstić information content (AvgIpc) is 3.09. The van der Waals surface area contributed by atoms with Crippen LogP contribution in [0.2, 0.25) is 0 Å². The van der Waals surface area contributed by atoms with Gasteiger partial charge in [-0.05, 0) is 35.8 Å². The summed E-state index contributed by atoms with van der Waals surface area (Å²) in [5, 5.41) is 4.01. The van der Waals surface area contributed by atoms with Crippen LogP contribution < -0.4 is 5.32 Å². The highest BCUT2D eigenvalue weighted by atomic mass is 15.1. The van der Waals surface area contributed by atoms with Gasteiger partial charge in [0.2, 0.25) is 0 Å². The highest BCUT2D eigenvalue weighted by Gasteiger charge is 2.41. The van der Waals surface area contributed by atoms with E-state index in [1.165, 1.54) is 49.7 Å². The number of rotatable bonds is 3. The molecule has 0 bridgehead atoms. The van der Waals surface area contributed by atoms with E-state index in [9.17, 15) is 0 Å². The van der Waals surface area contributed by atoms with Crippen molar-refractivity contribution in [1.82, 2.24) is 14.9 Å². The maximum Gasteiger partial charge on any atom is 0.0951 e. The van der Waals surface area contributed by atoms with Gasteiger partial charge in [-0.3, -0.25) is 0 Å². The number of hydrogen-bond donors (Lipinski definition) is 1. The smallest absolute Gasteiger partial charge is 0.0951 e. The summed E-state index contributed by atoms with van der Waals surface area (Å²) in [4.78, 5) is 4.30. The van der Waals surface area contributed by atoms with Gasteiger partial charge in [0.1, 0.15) is 0 Å². The number of benzene rings is 1. The van der Waals surface area contributed by atoms with Crippen molar-refractivity contribution in [3.05, 3.63) is 54.1 Å². The maximum atomic E-state index is 4.30. The zero-order valence-electron chi connectivity index (χ0n) is 14.9. The van der Waals surface area contributed by atoms with Crippen LogP contribution in [0.25, 0.3) is 0 Å². The van der Waals surface area contributed by atoms with E-state index in [1.807, 2.05) is 12.5 Å². The molecule has 2 atom stereocenters. The quantitative estimate of drug-likeness (QED) is 0.873. The molecular weight excluding hydrogens is 294 g/mol. The Hall–Kier alpha value is -1.61. The molecule has 1 fully saturated rings. The van der Waals surface area contributed by atoms with Crippen LogP contribution >= 0.6 is 0 Å². The zero-order chi connectivity index (χ0) is 16.6. The molecule has 1 N–H and O–H groups in total. The van der Waals surface area contributed by atoms with Crippen molar-refractivity contribution >= 4 is 0 Å².